The summed E-state index contributed by atoms with van der Waals surface area (Å²) >= 11 is 5.19. The van der Waals surface area contributed by atoms with Crippen molar-refractivity contribution in [2.24, 2.45) is 5.10 Å². The lowest BCUT2D eigenvalue weighted by atomic mass is 10.1. The average Bonchev–Trinajstić information content (AvgIpc) is 3.10. The first kappa shape index (κ1) is 19.3. The quantitative estimate of drug-likeness (QED) is 0.487. The zero-order chi connectivity index (χ0) is 19.9. The van der Waals surface area contributed by atoms with Gasteiger partial charge in [0.1, 0.15) is 6.61 Å². The Morgan fingerprint density at radius 1 is 1.29 bits per heavy atom. The lowest BCUT2D eigenvalue weighted by Crippen LogP contribution is -2.01. The van der Waals surface area contributed by atoms with Crippen molar-refractivity contribution in [2.45, 2.75) is 20.0 Å². The summed E-state index contributed by atoms with van der Waals surface area (Å²) in [5, 5.41) is 20.4. The van der Waals surface area contributed by atoms with E-state index in [1.165, 1.54) is 0 Å². The number of nitriles is 1. The van der Waals surface area contributed by atoms with Crippen molar-refractivity contribution in [1.82, 2.24) is 14.9 Å². The summed E-state index contributed by atoms with van der Waals surface area (Å²) in [6.45, 7) is 2.26. The van der Waals surface area contributed by atoms with Crippen LogP contribution in [0.4, 0.5) is 0 Å². The highest BCUT2D eigenvalue weighted by atomic mass is 32.1. The topological polar surface area (TPSA) is 88.2 Å². The maximum atomic E-state index is 9.19. The normalized spacial score (nSPS) is 10.8. The van der Waals surface area contributed by atoms with E-state index >= 15 is 0 Å². The van der Waals surface area contributed by atoms with E-state index in [-0.39, 0.29) is 6.61 Å². The van der Waals surface area contributed by atoms with Gasteiger partial charge >= 0.3 is 0 Å². The minimum atomic E-state index is 0.275. The molecule has 1 aromatic heterocycles. The number of H-pyrrole nitrogens is 1. The van der Waals surface area contributed by atoms with Gasteiger partial charge in [-0.2, -0.15) is 20.1 Å². The predicted molar refractivity (Wildman–Crippen MR) is 108 cm³/mol. The number of ether oxygens (including phenoxy) is 2. The lowest BCUT2D eigenvalue weighted by molar-refractivity contribution is 0.284. The van der Waals surface area contributed by atoms with Gasteiger partial charge in [0.25, 0.3) is 0 Å². The van der Waals surface area contributed by atoms with Crippen LogP contribution >= 0.6 is 12.2 Å². The third-order valence-electron chi connectivity index (χ3n) is 4.06. The van der Waals surface area contributed by atoms with Crippen LogP contribution in [0.5, 0.6) is 11.5 Å². The number of rotatable bonds is 7. The molecule has 0 radical (unpaired) electrons. The SMILES string of the molecule is CCc1n[nH]c(=S)n1N=Cc1ccc(OCc2ccccc2C#N)c(OC)c1. The van der Waals surface area contributed by atoms with Gasteiger partial charge in [0.2, 0.25) is 4.77 Å². The van der Waals surface area contributed by atoms with Gasteiger partial charge in [-0.15, -0.1) is 0 Å². The van der Waals surface area contributed by atoms with Crippen LogP contribution in [0.15, 0.2) is 47.6 Å². The molecule has 8 heteroatoms. The van der Waals surface area contributed by atoms with Crippen molar-refractivity contribution >= 4 is 18.4 Å². The Kier molecular flexibility index (Phi) is 6.19. The molecule has 3 rings (SSSR count). The van der Waals surface area contributed by atoms with Gasteiger partial charge in [-0.25, -0.2) is 0 Å². The Balaban J connectivity index is 1.79. The minimum Gasteiger partial charge on any atom is -0.493 e. The Morgan fingerprint density at radius 3 is 2.86 bits per heavy atom. The minimum absolute atomic E-state index is 0.275. The Hall–Kier alpha value is -3.44. The molecule has 0 unspecified atom stereocenters. The Bertz CT molecular complexity index is 1090. The molecular formula is C20H19N5O2S. The summed E-state index contributed by atoms with van der Waals surface area (Å²) in [6.07, 6.45) is 2.40. The molecule has 0 amide bonds. The maximum Gasteiger partial charge on any atom is 0.216 e. The molecule has 0 aliphatic rings. The summed E-state index contributed by atoms with van der Waals surface area (Å²) in [4.78, 5) is 0. The van der Waals surface area contributed by atoms with Crippen LogP contribution in [-0.2, 0) is 13.0 Å². The van der Waals surface area contributed by atoms with E-state index in [2.05, 4.69) is 21.4 Å². The van der Waals surface area contributed by atoms with Crippen LogP contribution < -0.4 is 9.47 Å². The van der Waals surface area contributed by atoms with Gasteiger partial charge < -0.3 is 9.47 Å². The third kappa shape index (κ3) is 4.27. The summed E-state index contributed by atoms with van der Waals surface area (Å²) in [7, 11) is 1.58. The van der Waals surface area contributed by atoms with Crippen LogP contribution in [0.3, 0.4) is 0 Å². The molecule has 7 nitrogen and oxygen atoms in total. The molecule has 28 heavy (non-hydrogen) atoms. The van der Waals surface area contributed by atoms with E-state index in [1.807, 2.05) is 43.3 Å². The van der Waals surface area contributed by atoms with Crippen molar-refractivity contribution in [1.29, 1.82) is 5.26 Å². The van der Waals surface area contributed by atoms with Crippen molar-refractivity contribution in [3.8, 4) is 17.6 Å². The number of methoxy groups -OCH3 is 1. The van der Waals surface area contributed by atoms with Gasteiger partial charge in [0.05, 0.1) is 25.0 Å². The average molecular weight is 393 g/mol. The van der Waals surface area contributed by atoms with Crippen LogP contribution in [0.25, 0.3) is 0 Å². The van der Waals surface area contributed by atoms with E-state index in [9.17, 15) is 5.26 Å². The standard InChI is InChI=1S/C20H19N5O2S/c1-3-19-23-24-20(28)25(19)22-12-14-8-9-17(18(10-14)26-2)27-13-16-7-5-4-6-15(16)11-21/h4-10,12H,3,13H2,1-2H3,(H,24,28). The molecule has 0 saturated heterocycles. The number of aromatic amines is 1. The van der Waals surface area contributed by atoms with E-state index in [4.69, 9.17) is 21.7 Å². The largest absolute Gasteiger partial charge is 0.493 e. The van der Waals surface area contributed by atoms with Gasteiger partial charge in [-0.1, -0.05) is 25.1 Å². The van der Waals surface area contributed by atoms with Crippen LogP contribution in [0, 0.1) is 16.1 Å². The number of aromatic nitrogens is 3. The molecule has 0 fully saturated rings. The van der Waals surface area contributed by atoms with E-state index in [0.717, 1.165) is 17.0 Å². The van der Waals surface area contributed by atoms with E-state index in [0.29, 0.717) is 28.3 Å². The van der Waals surface area contributed by atoms with Crippen molar-refractivity contribution in [3.63, 3.8) is 0 Å². The highest BCUT2D eigenvalue weighted by molar-refractivity contribution is 7.71. The lowest BCUT2D eigenvalue weighted by Gasteiger charge is -2.12. The molecule has 1 N–H and O–H groups in total. The van der Waals surface area contributed by atoms with E-state index < -0.39 is 0 Å². The first-order valence-electron chi connectivity index (χ1n) is 8.65. The molecule has 0 spiro atoms. The molecule has 1 heterocycles. The highest BCUT2D eigenvalue weighted by Crippen LogP contribution is 2.28. The number of nitrogens with one attached hydrogen (secondary N) is 1. The second-order valence-electron chi connectivity index (χ2n) is 5.82. The van der Waals surface area contributed by atoms with Crippen molar-refractivity contribution in [3.05, 3.63) is 69.8 Å². The monoisotopic (exact) mass is 393 g/mol. The fourth-order valence-corrected chi connectivity index (χ4v) is 2.79. The molecule has 0 atom stereocenters. The molecule has 0 saturated carbocycles. The fourth-order valence-electron chi connectivity index (χ4n) is 2.59. The van der Waals surface area contributed by atoms with Gasteiger partial charge in [0, 0.05) is 12.0 Å². The number of nitrogens with zero attached hydrogens (tertiary/aromatic N) is 4. The molecule has 0 aliphatic carbocycles. The van der Waals surface area contributed by atoms with Crippen molar-refractivity contribution < 1.29 is 9.47 Å². The molecular weight excluding hydrogens is 374 g/mol. The first-order chi connectivity index (χ1) is 13.7. The highest BCUT2D eigenvalue weighted by Gasteiger charge is 2.08. The molecule has 0 aliphatic heterocycles. The summed E-state index contributed by atoms with van der Waals surface area (Å²) in [5.41, 5.74) is 2.24. The van der Waals surface area contributed by atoms with Gasteiger partial charge in [-0.3, -0.25) is 5.10 Å². The second-order valence-corrected chi connectivity index (χ2v) is 6.21. The molecule has 0 bridgehead atoms. The van der Waals surface area contributed by atoms with Gasteiger partial charge in [-0.05, 0) is 42.0 Å². The van der Waals surface area contributed by atoms with Crippen LogP contribution in [0.1, 0.15) is 29.4 Å². The summed E-state index contributed by atoms with van der Waals surface area (Å²) in [6, 6.07) is 15.0. The number of benzene rings is 2. The predicted octanol–water partition coefficient (Wildman–Crippen LogP) is 3.84. The maximum absolute atomic E-state index is 9.19. The smallest absolute Gasteiger partial charge is 0.216 e. The zero-order valence-corrected chi connectivity index (χ0v) is 16.4. The molecule has 3 aromatic rings. The number of hydrogen-bond acceptors (Lipinski definition) is 6. The first-order valence-corrected chi connectivity index (χ1v) is 9.06. The van der Waals surface area contributed by atoms with Gasteiger partial charge in [0.15, 0.2) is 17.3 Å². The Morgan fingerprint density at radius 2 is 2.11 bits per heavy atom. The Labute approximate surface area is 167 Å². The van der Waals surface area contributed by atoms with Crippen LogP contribution in [0.2, 0.25) is 0 Å². The number of aryl methyl sites for hydroxylation is 1. The summed E-state index contributed by atoms with van der Waals surface area (Å²) in [5.74, 6) is 1.91. The molecule has 2 aromatic carbocycles. The number of hydrogen-bond donors (Lipinski definition) is 1. The molecule has 142 valence electrons. The second kappa shape index (κ2) is 8.97. The summed E-state index contributed by atoms with van der Waals surface area (Å²) < 4.78 is 13.3. The van der Waals surface area contributed by atoms with Crippen LogP contribution in [-0.4, -0.2) is 28.2 Å². The van der Waals surface area contributed by atoms with E-state index in [1.54, 1.807) is 24.1 Å². The third-order valence-corrected chi connectivity index (χ3v) is 4.33. The fraction of sp³-hybridized carbons (Fsp3) is 0.200. The zero-order valence-electron chi connectivity index (χ0n) is 15.5. The van der Waals surface area contributed by atoms with Crippen molar-refractivity contribution in [2.75, 3.05) is 7.11 Å².